The van der Waals surface area contributed by atoms with E-state index in [0.717, 1.165) is 19.4 Å². The van der Waals surface area contributed by atoms with Crippen molar-refractivity contribution in [1.82, 2.24) is 0 Å². The highest BCUT2D eigenvalue weighted by Crippen LogP contribution is 2.35. The van der Waals surface area contributed by atoms with Crippen LogP contribution in [0.2, 0.25) is 0 Å². The van der Waals surface area contributed by atoms with E-state index in [2.05, 4.69) is 0 Å². The van der Waals surface area contributed by atoms with E-state index in [0.29, 0.717) is 0 Å². The Kier molecular flexibility index (Phi) is 3.69. The van der Waals surface area contributed by atoms with Crippen molar-refractivity contribution in [2.75, 3.05) is 13.4 Å². The number of hydrogen-bond acceptors (Lipinski definition) is 4. The van der Waals surface area contributed by atoms with Crippen molar-refractivity contribution >= 4 is 9.84 Å². The van der Waals surface area contributed by atoms with Crippen molar-refractivity contribution in [1.29, 1.82) is 0 Å². The molecule has 7 heteroatoms. The van der Waals surface area contributed by atoms with Crippen LogP contribution in [-0.4, -0.2) is 21.8 Å². The van der Waals surface area contributed by atoms with Gasteiger partial charge in [0, 0.05) is 17.4 Å². The van der Waals surface area contributed by atoms with Crippen LogP contribution in [0.1, 0.15) is 19.4 Å². The molecular formula is C11H15F2NO3S. The number of benzene rings is 1. The number of methoxy groups -OCH3 is 1. The first-order chi connectivity index (χ1) is 8.00. The van der Waals surface area contributed by atoms with Gasteiger partial charge in [0.25, 0.3) is 0 Å². The molecule has 0 unspecified atom stereocenters. The van der Waals surface area contributed by atoms with E-state index in [1.807, 2.05) is 0 Å². The van der Waals surface area contributed by atoms with E-state index < -0.39 is 31.9 Å². The van der Waals surface area contributed by atoms with Gasteiger partial charge in [-0.05, 0) is 19.9 Å². The lowest BCUT2D eigenvalue weighted by Crippen LogP contribution is -2.30. The van der Waals surface area contributed by atoms with Crippen LogP contribution in [0.3, 0.4) is 0 Å². The number of nitrogens with two attached hydrogens (primary N) is 1. The fourth-order valence-electron chi connectivity index (χ4n) is 1.60. The van der Waals surface area contributed by atoms with E-state index in [1.54, 1.807) is 0 Å². The highest BCUT2D eigenvalue weighted by atomic mass is 32.2. The molecule has 0 aliphatic carbocycles. The molecule has 0 amide bonds. The molecule has 0 aromatic heterocycles. The van der Waals surface area contributed by atoms with Gasteiger partial charge in [0.05, 0.1) is 7.11 Å². The first-order valence-electron chi connectivity index (χ1n) is 5.05. The maximum atomic E-state index is 14.0. The predicted octanol–water partition coefficient (Wildman–Crippen LogP) is 1.57. The van der Waals surface area contributed by atoms with Crippen LogP contribution < -0.4 is 10.5 Å². The molecule has 0 aliphatic rings. The summed E-state index contributed by atoms with van der Waals surface area (Å²) >= 11 is 0. The first kappa shape index (κ1) is 14.8. The number of hydrogen-bond donors (Lipinski definition) is 1. The fraction of sp³-hybridized carbons (Fsp3) is 0.455. The molecule has 0 saturated heterocycles. The second-order valence-corrected chi connectivity index (χ2v) is 6.53. The first-order valence-corrected chi connectivity index (χ1v) is 6.94. The number of halogens is 2. The molecule has 0 spiro atoms. The van der Waals surface area contributed by atoms with Crippen molar-refractivity contribution < 1.29 is 21.9 Å². The third kappa shape index (κ3) is 2.62. The molecule has 1 aromatic rings. The number of rotatable bonds is 3. The fourth-order valence-corrected chi connectivity index (χ4v) is 2.43. The molecule has 0 atom stereocenters. The molecule has 0 heterocycles. The Morgan fingerprint density at radius 1 is 1.33 bits per heavy atom. The maximum absolute atomic E-state index is 14.0. The zero-order valence-electron chi connectivity index (χ0n) is 10.5. The van der Waals surface area contributed by atoms with Gasteiger partial charge in [-0.3, -0.25) is 0 Å². The third-order valence-corrected chi connectivity index (χ3v) is 3.52. The summed E-state index contributed by atoms with van der Waals surface area (Å²) in [5, 5.41) is 0. The summed E-state index contributed by atoms with van der Waals surface area (Å²) in [6.45, 7) is 3.06. The SMILES string of the molecule is COc1c(C(C)(C)N)cc(F)c(S(C)(=O)=O)c1F. The van der Waals surface area contributed by atoms with E-state index in [4.69, 9.17) is 10.5 Å². The zero-order chi connectivity index (χ0) is 14.3. The zero-order valence-corrected chi connectivity index (χ0v) is 11.4. The van der Waals surface area contributed by atoms with Crippen molar-refractivity contribution in [2.24, 2.45) is 5.73 Å². The normalized spacial score (nSPS) is 12.6. The highest BCUT2D eigenvalue weighted by Gasteiger charge is 2.30. The van der Waals surface area contributed by atoms with Crippen molar-refractivity contribution in [3.8, 4) is 5.75 Å². The Hall–Kier alpha value is -1.21. The third-order valence-electron chi connectivity index (χ3n) is 2.40. The van der Waals surface area contributed by atoms with Crippen LogP contribution >= 0.6 is 0 Å². The van der Waals surface area contributed by atoms with Crippen molar-refractivity contribution in [3.05, 3.63) is 23.3 Å². The molecule has 0 fully saturated rings. The average Bonchev–Trinajstić information content (AvgIpc) is 2.13. The van der Waals surface area contributed by atoms with E-state index >= 15 is 0 Å². The minimum absolute atomic E-state index is 0.0624. The lowest BCUT2D eigenvalue weighted by atomic mass is 9.94. The summed E-state index contributed by atoms with van der Waals surface area (Å²) in [5.41, 5.74) is 4.76. The Bertz CT molecular complexity index is 577. The Morgan fingerprint density at radius 3 is 2.17 bits per heavy atom. The lowest BCUT2D eigenvalue weighted by Gasteiger charge is -2.23. The molecule has 102 valence electrons. The molecule has 4 nitrogen and oxygen atoms in total. The van der Waals surface area contributed by atoms with E-state index in [9.17, 15) is 17.2 Å². The summed E-state index contributed by atoms with van der Waals surface area (Å²) in [7, 11) is -2.87. The smallest absolute Gasteiger partial charge is 0.186 e. The number of sulfone groups is 1. The highest BCUT2D eigenvalue weighted by molar-refractivity contribution is 7.90. The maximum Gasteiger partial charge on any atom is 0.186 e. The van der Waals surface area contributed by atoms with Gasteiger partial charge in [-0.1, -0.05) is 0 Å². The molecule has 0 aliphatic heterocycles. The standard InChI is InChI=1S/C11H15F2NO3S/c1-11(2,14)6-5-7(12)10(18(4,15)16)8(13)9(6)17-3/h5H,14H2,1-4H3. The second-order valence-electron chi connectivity index (χ2n) is 4.58. The molecule has 1 rings (SSSR count). The predicted molar refractivity (Wildman–Crippen MR) is 63.2 cm³/mol. The van der Waals surface area contributed by atoms with Gasteiger partial charge >= 0.3 is 0 Å². The molecule has 0 radical (unpaired) electrons. The van der Waals surface area contributed by atoms with E-state index in [1.165, 1.54) is 13.8 Å². The topological polar surface area (TPSA) is 69.4 Å². The molecule has 0 bridgehead atoms. The van der Waals surface area contributed by atoms with Gasteiger partial charge < -0.3 is 10.5 Å². The summed E-state index contributed by atoms with van der Waals surface area (Å²) in [5.74, 6) is -2.79. The second kappa shape index (κ2) is 4.47. The van der Waals surface area contributed by atoms with Crippen LogP contribution in [0.5, 0.6) is 5.75 Å². The minimum Gasteiger partial charge on any atom is -0.493 e. The monoisotopic (exact) mass is 279 g/mol. The van der Waals surface area contributed by atoms with Crippen LogP contribution in [-0.2, 0) is 15.4 Å². The molecule has 2 N–H and O–H groups in total. The van der Waals surface area contributed by atoms with Crippen molar-refractivity contribution in [2.45, 2.75) is 24.3 Å². The molecule has 0 saturated carbocycles. The van der Waals surface area contributed by atoms with Gasteiger partial charge in [-0.15, -0.1) is 0 Å². The lowest BCUT2D eigenvalue weighted by molar-refractivity contribution is 0.356. The van der Waals surface area contributed by atoms with Gasteiger partial charge in [-0.25, -0.2) is 17.2 Å². The van der Waals surface area contributed by atoms with Gasteiger partial charge in [0.1, 0.15) is 10.7 Å². The van der Waals surface area contributed by atoms with Crippen LogP contribution in [0.25, 0.3) is 0 Å². The largest absolute Gasteiger partial charge is 0.493 e. The van der Waals surface area contributed by atoms with Gasteiger partial charge in [-0.2, -0.15) is 0 Å². The van der Waals surface area contributed by atoms with Crippen LogP contribution in [0, 0.1) is 11.6 Å². The summed E-state index contributed by atoms with van der Waals surface area (Å²) < 4.78 is 55.2. The van der Waals surface area contributed by atoms with Gasteiger partial charge in [0.15, 0.2) is 21.4 Å². The summed E-state index contributed by atoms with van der Waals surface area (Å²) in [4.78, 5) is -1.01. The summed E-state index contributed by atoms with van der Waals surface area (Å²) in [6, 6.07) is 0.887. The van der Waals surface area contributed by atoms with Crippen LogP contribution in [0.15, 0.2) is 11.0 Å². The number of ether oxygens (including phenoxy) is 1. The molecule has 18 heavy (non-hydrogen) atoms. The van der Waals surface area contributed by atoms with E-state index in [-0.39, 0.29) is 11.3 Å². The minimum atomic E-state index is -4.03. The Morgan fingerprint density at radius 2 is 1.83 bits per heavy atom. The Labute approximate surface area is 105 Å². The quantitative estimate of drug-likeness (QED) is 0.912. The van der Waals surface area contributed by atoms with Gasteiger partial charge in [0.2, 0.25) is 0 Å². The average molecular weight is 279 g/mol. The Balaban J connectivity index is 3.77. The molecule has 1 aromatic carbocycles. The molecular weight excluding hydrogens is 264 g/mol. The van der Waals surface area contributed by atoms with Crippen LogP contribution in [0.4, 0.5) is 8.78 Å². The van der Waals surface area contributed by atoms with Crippen molar-refractivity contribution in [3.63, 3.8) is 0 Å². The summed E-state index contributed by atoms with van der Waals surface area (Å²) in [6.07, 6.45) is 0.723.